The molecule has 0 fully saturated rings. The third-order valence-corrected chi connectivity index (χ3v) is 5.96. The van der Waals surface area contributed by atoms with Crippen LogP contribution in [0.1, 0.15) is 4.88 Å². The van der Waals surface area contributed by atoms with Crippen molar-refractivity contribution in [2.24, 2.45) is 0 Å². The Bertz CT molecular complexity index is 511. The highest BCUT2D eigenvalue weighted by molar-refractivity contribution is 7.91. The number of thiophene rings is 1. The van der Waals surface area contributed by atoms with Crippen molar-refractivity contribution in [2.45, 2.75) is 10.6 Å². The summed E-state index contributed by atoms with van der Waals surface area (Å²) in [6, 6.07) is 3.54. The van der Waals surface area contributed by atoms with Crippen LogP contribution in [-0.2, 0) is 16.4 Å². The fourth-order valence-corrected chi connectivity index (χ4v) is 4.46. The number of hydrogen-bond acceptors (Lipinski definition) is 4. The van der Waals surface area contributed by atoms with Gasteiger partial charge in [0.25, 0.3) is 10.0 Å². The Morgan fingerprint density at radius 1 is 1.32 bits per heavy atom. The van der Waals surface area contributed by atoms with Crippen molar-refractivity contribution in [2.75, 3.05) is 26.7 Å². The second-order valence-corrected chi connectivity index (χ2v) is 7.31. The van der Waals surface area contributed by atoms with E-state index in [-0.39, 0.29) is 13.1 Å². The molecule has 0 atom stereocenters. The van der Waals surface area contributed by atoms with E-state index >= 15 is 0 Å². The molecule has 1 aromatic heterocycles. The molecule has 4 nitrogen and oxygen atoms in total. The molecule has 0 saturated heterocycles. The third-order valence-electron chi connectivity index (χ3n) is 2.52. The molecule has 106 valence electrons. The summed E-state index contributed by atoms with van der Waals surface area (Å²) in [5.41, 5.74) is 0. The minimum atomic E-state index is -3.44. The van der Waals surface area contributed by atoms with Crippen LogP contribution in [-0.4, -0.2) is 39.4 Å². The first kappa shape index (κ1) is 16.1. The van der Waals surface area contributed by atoms with Crippen LogP contribution in [0.15, 0.2) is 41.7 Å². The Labute approximate surface area is 119 Å². The predicted octanol–water partition coefficient (Wildman–Crippen LogP) is 1.87. The lowest BCUT2D eigenvalue weighted by atomic mass is 10.3. The highest BCUT2D eigenvalue weighted by Gasteiger charge is 2.24. The van der Waals surface area contributed by atoms with Gasteiger partial charge in [-0.1, -0.05) is 12.2 Å². The molecule has 0 aliphatic rings. The van der Waals surface area contributed by atoms with E-state index in [9.17, 15) is 8.42 Å². The molecule has 6 heteroatoms. The van der Waals surface area contributed by atoms with Crippen molar-refractivity contribution in [1.82, 2.24) is 9.62 Å². The highest BCUT2D eigenvalue weighted by atomic mass is 32.2. The van der Waals surface area contributed by atoms with E-state index in [4.69, 9.17) is 0 Å². The molecule has 0 unspecified atom stereocenters. The van der Waals surface area contributed by atoms with E-state index < -0.39 is 10.0 Å². The van der Waals surface area contributed by atoms with Gasteiger partial charge in [0.1, 0.15) is 4.21 Å². The van der Waals surface area contributed by atoms with Crippen molar-refractivity contribution < 1.29 is 8.42 Å². The average Bonchev–Trinajstić information content (AvgIpc) is 2.85. The monoisotopic (exact) mass is 300 g/mol. The molecule has 19 heavy (non-hydrogen) atoms. The molecule has 0 aromatic carbocycles. The quantitative estimate of drug-likeness (QED) is 0.708. The normalized spacial score (nSPS) is 11.7. The average molecular weight is 300 g/mol. The molecule has 1 rings (SSSR count). The van der Waals surface area contributed by atoms with E-state index in [1.165, 1.54) is 15.6 Å². The van der Waals surface area contributed by atoms with Gasteiger partial charge >= 0.3 is 0 Å². The molecule has 0 aliphatic carbocycles. The molecular weight excluding hydrogens is 280 g/mol. The SMILES string of the molecule is C=CCN(CC=C)S(=O)(=O)c1ccc(CCNC)s1. The lowest BCUT2D eigenvalue weighted by Crippen LogP contribution is -2.30. The summed E-state index contributed by atoms with van der Waals surface area (Å²) in [5, 5.41) is 3.05. The summed E-state index contributed by atoms with van der Waals surface area (Å²) in [4.78, 5) is 1.06. The second-order valence-electron chi connectivity index (χ2n) is 3.97. The van der Waals surface area contributed by atoms with Crippen LogP contribution in [0.25, 0.3) is 0 Å². The molecule has 0 saturated carbocycles. The van der Waals surface area contributed by atoms with Crippen LogP contribution in [0, 0.1) is 0 Å². The lowest BCUT2D eigenvalue weighted by Gasteiger charge is -2.17. The first-order valence-corrected chi connectivity index (χ1v) is 8.27. The van der Waals surface area contributed by atoms with Gasteiger partial charge in [0.2, 0.25) is 0 Å². The van der Waals surface area contributed by atoms with Gasteiger partial charge in [0, 0.05) is 18.0 Å². The zero-order valence-corrected chi connectivity index (χ0v) is 12.8. The number of hydrogen-bond donors (Lipinski definition) is 1. The van der Waals surface area contributed by atoms with Crippen molar-refractivity contribution in [3.05, 3.63) is 42.3 Å². The van der Waals surface area contributed by atoms with Crippen LogP contribution in [0.4, 0.5) is 0 Å². The van der Waals surface area contributed by atoms with Crippen LogP contribution in [0.3, 0.4) is 0 Å². The Kier molecular flexibility index (Phi) is 6.44. The van der Waals surface area contributed by atoms with Gasteiger partial charge in [-0.05, 0) is 32.1 Å². The Morgan fingerprint density at radius 3 is 2.47 bits per heavy atom. The number of sulfonamides is 1. The first-order chi connectivity index (χ1) is 9.06. The van der Waals surface area contributed by atoms with Gasteiger partial charge in [-0.3, -0.25) is 0 Å². The van der Waals surface area contributed by atoms with Crippen molar-refractivity contribution >= 4 is 21.4 Å². The lowest BCUT2D eigenvalue weighted by molar-refractivity contribution is 0.476. The molecular formula is C13H20N2O2S2. The van der Waals surface area contributed by atoms with E-state index in [0.717, 1.165) is 17.8 Å². The second kappa shape index (κ2) is 7.59. The van der Waals surface area contributed by atoms with Crippen LogP contribution >= 0.6 is 11.3 Å². The maximum absolute atomic E-state index is 12.4. The van der Waals surface area contributed by atoms with E-state index in [0.29, 0.717) is 4.21 Å². The molecule has 1 aromatic rings. The predicted molar refractivity (Wildman–Crippen MR) is 81.1 cm³/mol. The summed E-state index contributed by atoms with van der Waals surface area (Å²) in [6.07, 6.45) is 3.99. The first-order valence-electron chi connectivity index (χ1n) is 6.01. The zero-order chi connectivity index (χ0) is 14.3. The minimum absolute atomic E-state index is 0.290. The summed E-state index contributed by atoms with van der Waals surface area (Å²) in [6.45, 7) is 8.60. The van der Waals surface area contributed by atoms with Crippen molar-refractivity contribution in [1.29, 1.82) is 0 Å². The number of likely N-dealkylation sites (N-methyl/N-ethyl adjacent to an activating group) is 1. The Balaban J connectivity index is 2.93. The fourth-order valence-electron chi connectivity index (χ4n) is 1.57. The topological polar surface area (TPSA) is 49.4 Å². The maximum atomic E-state index is 12.4. The molecule has 0 amide bonds. The molecule has 1 N–H and O–H groups in total. The maximum Gasteiger partial charge on any atom is 0.253 e. The number of rotatable bonds is 9. The largest absolute Gasteiger partial charge is 0.319 e. The third kappa shape index (κ3) is 4.28. The molecule has 0 bridgehead atoms. The number of nitrogens with zero attached hydrogens (tertiary/aromatic N) is 1. The summed E-state index contributed by atoms with van der Waals surface area (Å²) < 4.78 is 26.6. The minimum Gasteiger partial charge on any atom is -0.319 e. The van der Waals surface area contributed by atoms with Crippen LogP contribution < -0.4 is 5.32 Å². The van der Waals surface area contributed by atoms with Gasteiger partial charge in [-0.15, -0.1) is 24.5 Å². The van der Waals surface area contributed by atoms with Gasteiger partial charge in [-0.2, -0.15) is 4.31 Å². The van der Waals surface area contributed by atoms with Crippen LogP contribution in [0.5, 0.6) is 0 Å². The van der Waals surface area contributed by atoms with Gasteiger partial charge < -0.3 is 5.32 Å². The molecule has 0 spiro atoms. The van der Waals surface area contributed by atoms with Crippen LogP contribution in [0.2, 0.25) is 0 Å². The zero-order valence-electron chi connectivity index (χ0n) is 11.1. The van der Waals surface area contributed by atoms with Gasteiger partial charge in [-0.25, -0.2) is 8.42 Å². The van der Waals surface area contributed by atoms with Gasteiger partial charge in [0.15, 0.2) is 0 Å². The standard InChI is InChI=1S/C13H20N2O2S2/c1-4-10-15(11-5-2)19(16,17)13-7-6-12(18-13)8-9-14-3/h4-7,14H,1-2,8-11H2,3H3. The summed E-state index contributed by atoms with van der Waals surface area (Å²) in [7, 11) is -1.56. The van der Waals surface area contributed by atoms with Crippen molar-refractivity contribution in [3.8, 4) is 0 Å². The van der Waals surface area contributed by atoms with Gasteiger partial charge in [0.05, 0.1) is 0 Å². The summed E-state index contributed by atoms with van der Waals surface area (Å²) >= 11 is 1.32. The fraction of sp³-hybridized carbons (Fsp3) is 0.385. The van der Waals surface area contributed by atoms with E-state index in [1.54, 1.807) is 18.2 Å². The molecule has 0 aliphatic heterocycles. The molecule has 1 heterocycles. The number of nitrogens with one attached hydrogen (secondary N) is 1. The van der Waals surface area contributed by atoms with E-state index in [2.05, 4.69) is 18.5 Å². The highest BCUT2D eigenvalue weighted by Crippen LogP contribution is 2.25. The molecule has 0 radical (unpaired) electrons. The van der Waals surface area contributed by atoms with Crippen molar-refractivity contribution in [3.63, 3.8) is 0 Å². The van der Waals surface area contributed by atoms with E-state index in [1.807, 2.05) is 13.1 Å². The summed E-state index contributed by atoms with van der Waals surface area (Å²) in [5.74, 6) is 0. The Morgan fingerprint density at radius 2 is 1.95 bits per heavy atom. The Hall–Kier alpha value is -0.950. The smallest absolute Gasteiger partial charge is 0.253 e.